The van der Waals surface area contributed by atoms with Gasteiger partial charge >= 0.3 is 0 Å². The van der Waals surface area contributed by atoms with Gasteiger partial charge in [-0.3, -0.25) is 14.4 Å². The molecule has 0 aliphatic rings. The monoisotopic (exact) mass is 384 g/mol. The molecule has 144 valence electrons. The zero-order valence-electron chi connectivity index (χ0n) is 15.9. The smallest absolute Gasteiger partial charge is 0.272 e. The van der Waals surface area contributed by atoms with Gasteiger partial charge in [0.1, 0.15) is 5.70 Å². The van der Waals surface area contributed by atoms with Crippen molar-refractivity contribution in [1.29, 1.82) is 0 Å². The largest absolute Gasteiger partial charge is 0.321 e. The lowest BCUT2D eigenvalue weighted by Gasteiger charge is -2.12. The quantitative estimate of drug-likeness (QED) is 0.491. The molecule has 5 nitrogen and oxygen atoms in total. The summed E-state index contributed by atoms with van der Waals surface area (Å²) >= 11 is 0. The first-order chi connectivity index (χ1) is 14.0. The van der Waals surface area contributed by atoms with Gasteiger partial charge in [0.25, 0.3) is 11.8 Å². The molecule has 0 aliphatic carbocycles. The predicted molar refractivity (Wildman–Crippen MR) is 113 cm³/mol. The van der Waals surface area contributed by atoms with Crippen molar-refractivity contribution in [3.63, 3.8) is 0 Å². The molecule has 0 fully saturated rings. The van der Waals surface area contributed by atoms with Crippen molar-refractivity contribution >= 4 is 29.4 Å². The first-order valence-electron chi connectivity index (χ1n) is 9.08. The molecule has 5 heteroatoms. The molecule has 0 spiro atoms. The Bertz CT molecular complexity index is 1060. The molecular weight excluding hydrogens is 364 g/mol. The predicted octanol–water partition coefficient (Wildman–Crippen LogP) is 4.30. The number of carbonyl (C=O) groups excluding carboxylic acids is 3. The summed E-state index contributed by atoms with van der Waals surface area (Å²) in [5.74, 6) is -0.974. The maximum Gasteiger partial charge on any atom is 0.272 e. The molecule has 0 saturated carbocycles. The van der Waals surface area contributed by atoms with Gasteiger partial charge in [0.15, 0.2) is 5.78 Å². The molecule has 2 amide bonds. The molecule has 0 aromatic heterocycles. The molecule has 3 aromatic rings. The molecule has 2 N–H and O–H groups in total. The van der Waals surface area contributed by atoms with E-state index in [0.717, 1.165) is 5.56 Å². The summed E-state index contributed by atoms with van der Waals surface area (Å²) in [6.45, 7) is 1.46. The van der Waals surface area contributed by atoms with Crippen LogP contribution in [0.3, 0.4) is 0 Å². The molecular formula is C24H20N2O3. The minimum atomic E-state index is -0.487. The highest BCUT2D eigenvalue weighted by atomic mass is 16.2. The van der Waals surface area contributed by atoms with E-state index in [1.807, 2.05) is 36.4 Å². The molecule has 0 unspecified atom stereocenters. The van der Waals surface area contributed by atoms with E-state index in [1.165, 1.54) is 6.92 Å². The van der Waals surface area contributed by atoms with Crippen LogP contribution in [-0.2, 0) is 4.79 Å². The van der Waals surface area contributed by atoms with Crippen molar-refractivity contribution < 1.29 is 14.4 Å². The molecule has 0 aliphatic heterocycles. The van der Waals surface area contributed by atoms with Crippen LogP contribution in [0.25, 0.3) is 6.08 Å². The third-order valence-electron chi connectivity index (χ3n) is 4.17. The Morgan fingerprint density at radius 2 is 1.38 bits per heavy atom. The van der Waals surface area contributed by atoms with Crippen molar-refractivity contribution in [1.82, 2.24) is 5.32 Å². The molecule has 0 saturated heterocycles. The van der Waals surface area contributed by atoms with E-state index in [4.69, 9.17) is 0 Å². The Balaban J connectivity index is 1.87. The number of carbonyl (C=O) groups is 3. The SMILES string of the molecule is CC(=O)c1cccc(NC(=O)C(=Cc2ccccc2)NC(=O)c2ccccc2)c1. The van der Waals surface area contributed by atoms with Crippen LogP contribution < -0.4 is 10.6 Å². The fraction of sp³-hybridized carbons (Fsp3) is 0.0417. The molecule has 0 bridgehead atoms. The van der Waals surface area contributed by atoms with E-state index in [-0.39, 0.29) is 17.4 Å². The standard InChI is InChI=1S/C24H20N2O3/c1-17(27)20-13-8-14-21(16-20)25-24(29)22(15-18-9-4-2-5-10-18)26-23(28)19-11-6-3-7-12-19/h2-16H,1H3,(H,25,29)(H,26,28). The normalized spacial score (nSPS) is 10.9. The lowest BCUT2D eigenvalue weighted by Crippen LogP contribution is -2.30. The second-order valence-electron chi connectivity index (χ2n) is 6.38. The van der Waals surface area contributed by atoms with Crippen molar-refractivity contribution in [2.45, 2.75) is 6.92 Å². The Labute approximate surface area is 169 Å². The zero-order chi connectivity index (χ0) is 20.6. The second kappa shape index (κ2) is 9.28. The van der Waals surface area contributed by atoms with Crippen molar-refractivity contribution in [2.24, 2.45) is 0 Å². The van der Waals surface area contributed by atoms with Crippen LogP contribution in [0, 0.1) is 0 Å². The van der Waals surface area contributed by atoms with E-state index in [0.29, 0.717) is 16.8 Å². The van der Waals surface area contributed by atoms with Crippen LogP contribution in [0.15, 0.2) is 90.6 Å². The summed E-state index contributed by atoms with van der Waals surface area (Å²) in [4.78, 5) is 37.0. The Morgan fingerprint density at radius 3 is 2.03 bits per heavy atom. The first kappa shape index (κ1) is 19.8. The van der Waals surface area contributed by atoms with Crippen LogP contribution in [0.5, 0.6) is 0 Å². The third-order valence-corrected chi connectivity index (χ3v) is 4.17. The van der Waals surface area contributed by atoms with Crippen LogP contribution >= 0.6 is 0 Å². The summed E-state index contributed by atoms with van der Waals surface area (Å²) in [6, 6.07) is 24.5. The van der Waals surface area contributed by atoms with Crippen LogP contribution in [0.1, 0.15) is 33.2 Å². The topological polar surface area (TPSA) is 75.3 Å². The minimum absolute atomic E-state index is 0.0956. The number of benzene rings is 3. The summed E-state index contributed by atoms with van der Waals surface area (Å²) in [7, 11) is 0. The van der Waals surface area contributed by atoms with E-state index >= 15 is 0 Å². The molecule has 0 heterocycles. The minimum Gasteiger partial charge on any atom is -0.321 e. The van der Waals surface area contributed by atoms with Gasteiger partial charge in [-0.05, 0) is 42.8 Å². The van der Waals surface area contributed by atoms with E-state index in [2.05, 4.69) is 10.6 Å². The lowest BCUT2D eigenvalue weighted by molar-refractivity contribution is -0.113. The molecule has 3 aromatic carbocycles. The van der Waals surface area contributed by atoms with E-state index < -0.39 is 5.91 Å². The average molecular weight is 384 g/mol. The van der Waals surface area contributed by atoms with Gasteiger partial charge in [-0.25, -0.2) is 0 Å². The number of hydrogen-bond acceptors (Lipinski definition) is 3. The molecule has 0 radical (unpaired) electrons. The zero-order valence-corrected chi connectivity index (χ0v) is 15.9. The summed E-state index contributed by atoms with van der Waals surface area (Å²) in [5, 5.41) is 5.42. The number of ketones is 1. The molecule has 29 heavy (non-hydrogen) atoms. The van der Waals surface area contributed by atoms with Crippen LogP contribution in [0.2, 0.25) is 0 Å². The number of nitrogens with one attached hydrogen (secondary N) is 2. The van der Waals surface area contributed by atoms with E-state index in [9.17, 15) is 14.4 Å². The van der Waals surface area contributed by atoms with Gasteiger partial charge in [-0.1, -0.05) is 60.7 Å². The summed E-state index contributed by atoms with van der Waals surface area (Å²) < 4.78 is 0. The maximum atomic E-state index is 12.9. The Morgan fingerprint density at radius 1 is 0.759 bits per heavy atom. The fourth-order valence-electron chi connectivity index (χ4n) is 2.67. The number of rotatable bonds is 6. The number of anilines is 1. The molecule has 0 atom stereocenters. The maximum absolute atomic E-state index is 12.9. The fourth-order valence-corrected chi connectivity index (χ4v) is 2.67. The van der Waals surface area contributed by atoms with Gasteiger partial charge in [0, 0.05) is 16.8 Å². The Kier molecular flexibility index (Phi) is 6.32. The second-order valence-corrected chi connectivity index (χ2v) is 6.38. The highest BCUT2D eigenvalue weighted by Gasteiger charge is 2.15. The van der Waals surface area contributed by atoms with Gasteiger partial charge in [0.05, 0.1) is 0 Å². The number of amides is 2. The highest BCUT2D eigenvalue weighted by molar-refractivity contribution is 6.11. The van der Waals surface area contributed by atoms with Crippen molar-refractivity contribution in [3.8, 4) is 0 Å². The number of Topliss-reactive ketones (excluding diaryl/α,β-unsaturated/α-hetero) is 1. The van der Waals surface area contributed by atoms with Gasteiger partial charge in [-0.15, -0.1) is 0 Å². The van der Waals surface area contributed by atoms with Crippen LogP contribution in [-0.4, -0.2) is 17.6 Å². The van der Waals surface area contributed by atoms with Crippen molar-refractivity contribution in [2.75, 3.05) is 5.32 Å². The van der Waals surface area contributed by atoms with Gasteiger partial charge in [0.2, 0.25) is 0 Å². The van der Waals surface area contributed by atoms with Gasteiger partial charge in [-0.2, -0.15) is 0 Å². The third kappa shape index (κ3) is 5.49. The highest BCUT2D eigenvalue weighted by Crippen LogP contribution is 2.14. The molecule has 3 rings (SSSR count). The number of hydrogen-bond donors (Lipinski definition) is 2. The van der Waals surface area contributed by atoms with Crippen molar-refractivity contribution in [3.05, 3.63) is 107 Å². The average Bonchev–Trinajstić information content (AvgIpc) is 2.74. The summed E-state index contributed by atoms with van der Waals surface area (Å²) in [5.41, 5.74) is 2.26. The first-order valence-corrected chi connectivity index (χ1v) is 9.08. The van der Waals surface area contributed by atoms with E-state index in [1.54, 1.807) is 54.6 Å². The van der Waals surface area contributed by atoms with Crippen LogP contribution in [0.4, 0.5) is 5.69 Å². The van der Waals surface area contributed by atoms with Gasteiger partial charge < -0.3 is 10.6 Å². The summed E-state index contributed by atoms with van der Waals surface area (Å²) in [6.07, 6.45) is 1.60. The Hall–Kier alpha value is -3.99. The lowest BCUT2D eigenvalue weighted by atomic mass is 10.1.